The third kappa shape index (κ3) is 3.92. The molecule has 0 fully saturated rings. The second-order valence-corrected chi connectivity index (χ2v) is 8.27. The lowest BCUT2D eigenvalue weighted by molar-refractivity contribution is -0.123. The van der Waals surface area contributed by atoms with Crippen LogP contribution in [-0.4, -0.2) is 28.1 Å². The van der Waals surface area contributed by atoms with Gasteiger partial charge in [0, 0.05) is 18.0 Å². The Labute approximate surface area is 177 Å². The minimum Gasteiger partial charge on any atom is -0.493 e. The van der Waals surface area contributed by atoms with Crippen molar-refractivity contribution >= 4 is 16.9 Å². The molecular formula is C24H30N4O2. The lowest BCUT2D eigenvalue weighted by Crippen LogP contribution is -2.45. The molecule has 1 amide bonds. The summed E-state index contributed by atoms with van der Waals surface area (Å²) in [6.07, 6.45) is 0.772. The summed E-state index contributed by atoms with van der Waals surface area (Å²) < 4.78 is 7.95. The molecule has 2 aromatic carbocycles. The number of hydrogen-bond acceptors (Lipinski definition) is 4. The van der Waals surface area contributed by atoms with Crippen LogP contribution in [0.15, 0.2) is 48.5 Å². The molecular weight excluding hydrogens is 376 g/mol. The summed E-state index contributed by atoms with van der Waals surface area (Å²) in [7, 11) is 0. The van der Waals surface area contributed by atoms with Crippen LogP contribution in [-0.2, 0) is 4.79 Å². The van der Waals surface area contributed by atoms with Crippen LogP contribution in [0.4, 0.5) is 0 Å². The zero-order valence-corrected chi connectivity index (χ0v) is 18.1. The van der Waals surface area contributed by atoms with Gasteiger partial charge in [0.1, 0.15) is 11.6 Å². The number of carbonyl (C=O) groups excluding carboxylic acids is 1. The number of para-hydroxylation sites is 3. The quantitative estimate of drug-likeness (QED) is 0.641. The summed E-state index contributed by atoms with van der Waals surface area (Å²) in [6.45, 7) is 8.89. The maximum atomic E-state index is 12.9. The van der Waals surface area contributed by atoms with Gasteiger partial charge in [0.25, 0.3) is 0 Å². The summed E-state index contributed by atoms with van der Waals surface area (Å²) in [5, 5.41) is 6.63. The van der Waals surface area contributed by atoms with Crippen molar-refractivity contribution in [3.8, 4) is 5.75 Å². The Hall–Kier alpha value is -2.86. The van der Waals surface area contributed by atoms with Gasteiger partial charge in [-0.2, -0.15) is 0 Å². The molecule has 0 aliphatic carbocycles. The van der Waals surface area contributed by atoms with Crippen LogP contribution in [0.25, 0.3) is 11.0 Å². The third-order valence-electron chi connectivity index (χ3n) is 5.70. The van der Waals surface area contributed by atoms with Gasteiger partial charge in [-0.1, -0.05) is 30.3 Å². The number of amides is 1. The van der Waals surface area contributed by atoms with Gasteiger partial charge in [-0.05, 0) is 45.9 Å². The van der Waals surface area contributed by atoms with E-state index in [1.807, 2.05) is 49.4 Å². The zero-order chi connectivity index (χ0) is 21.3. The van der Waals surface area contributed by atoms with Crippen LogP contribution in [0, 0.1) is 0 Å². The van der Waals surface area contributed by atoms with Crippen molar-refractivity contribution in [2.24, 2.45) is 0 Å². The highest BCUT2D eigenvalue weighted by molar-refractivity contribution is 5.82. The van der Waals surface area contributed by atoms with E-state index in [2.05, 4.69) is 42.0 Å². The van der Waals surface area contributed by atoms with Crippen molar-refractivity contribution in [3.63, 3.8) is 0 Å². The lowest BCUT2D eigenvalue weighted by atomic mass is 10.0. The molecule has 6 nitrogen and oxygen atoms in total. The minimum absolute atomic E-state index is 0.0178. The topological polar surface area (TPSA) is 68.2 Å². The van der Waals surface area contributed by atoms with E-state index in [0.29, 0.717) is 6.61 Å². The second kappa shape index (κ2) is 8.48. The fourth-order valence-corrected chi connectivity index (χ4v) is 4.23. The van der Waals surface area contributed by atoms with Gasteiger partial charge in [-0.3, -0.25) is 10.1 Å². The number of hydrogen-bond donors (Lipinski definition) is 2. The molecule has 3 aromatic rings. The zero-order valence-electron chi connectivity index (χ0n) is 18.1. The summed E-state index contributed by atoms with van der Waals surface area (Å²) in [5.41, 5.74) is 3.14. The summed E-state index contributed by atoms with van der Waals surface area (Å²) >= 11 is 0. The van der Waals surface area contributed by atoms with Gasteiger partial charge in [0.2, 0.25) is 5.91 Å². The first-order valence-corrected chi connectivity index (χ1v) is 10.7. The first-order chi connectivity index (χ1) is 14.5. The molecule has 0 saturated heterocycles. The summed E-state index contributed by atoms with van der Waals surface area (Å²) in [4.78, 5) is 17.8. The Morgan fingerprint density at radius 3 is 2.63 bits per heavy atom. The maximum absolute atomic E-state index is 12.9. The van der Waals surface area contributed by atoms with Crippen molar-refractivity contribution in [1.82, 2.24) is 20.2 Å². The molecule has 6 heteroatoms. The molecule has 0 radical (unpaired) electrons. The predicted molar refractivity (Wildman–Crippen MR) is 119 cm³/mol. The molecule has 3 unspecified atom stereocenters. The molecule has 2 heterocycles. The van der Waals surface area contributed by atoms with E-state index >= 15 is 0 Å². The molecule has 1 aliphatic heterocycles. The van der Waals surface area contributed by atoms with Crippen molar-refractivity contribution < 1.29 is 9.53 Å². The number of benzene rings is 2. The number of carbonyl (C=O) groups is 1. The van der Waals surface area contributed by atoms with Gasteiger partial charge in [-0.25, -0.2) is 4.98 Å². The molecule has 30 heavy (non-hydrogen) atoms. The predicted octanol–water partition coefficient (Wildman–Crippen LogP) is 4.30. The average Bonchev–Trinajstić information content (AvgIpc) is 3.14. The maximum Gasteiger partial charge on any atom is 0.237 e. The number of ether oxygens (including phenoxy) is 1. The Morgan fingerprint density at radius 1 is 1.10 bits per heavy atom. The van der Waals surface area contributed by atoms with E-state index in [1.165, 1.54) is 0 Å². The first-order valence-electron chi connectivity index (χ1n) is 10.7. The van der Waals surface area contributed by atoms with Crippen molar-refractivity contribution in [1.29, 1.82) is 0 Å². The van der Waals surface area contributed by atoms with E-state index in [-0.39, 0.29) is 30.1 Å². The van der Waals surface area contributed by atoms with E-state index < -0.39 is 0 Å². The van der Waals surface area contributed by atoms with Gasteiger partial charge in [0.15, 0.2) is 0 Å². The number of fused-ring (bicyclic) bond motifs is 2. The van der Waals surface area contributed by atoms with Gasteiger partial charge < -0.3 is 14.6 Å². The Morgan fingerprint density at radius 2 is 1.83 bits per heavy atom. The molecule has 0 saturated carbocycles. The molecule has 2 N–H and O–H groups in total. The number of rotatable bonds is 6. The highest BCUT2D eigenvalue weighted by Gasteiger charge is 2.26. The van der Waals surface area contributed by atoms with E-state index in [0.717, 1.165) is 34.6 Å². The number of imidazole rings is 1. The third-order valence-corrected chi connectivity index (χ3v) is 5.70. The minimum atomic E-state index is -0.351. The Balaban J connectivity index is 1.48. The van der Waals surface area contributed by atoms with Gasteiger partial charge in [0.05, 0.1) is 35.8 Å². The van der Waals surface area contributed by atoms with Gasteiger partial charge >= 0.3 is 0 Å². The first kappa shape index (κ1) is 20.4. The smallest absolute Gasteiger partial charge is 0.237 e. The van der Waals surface area contributed by atoms with Crippen LogP contribution < -0.4 is 15.4 Å². The molecule has 158 valence electrons. The molecule has 4 rings (SSSR count). The number of aromatic nitrogens is 2. The van der Waals surface area contributed by atoms with E-state index in [4.69, 9.17) is 9.72 Å². The van der Waals surface area contributed by atoms with Crippen molar-refractivity contribution in [2.75, 3.05) is 6.61 Å². The van der Waals surface area contributed by atoms with Gasteiger partial charge in [-0.15, -0.1) is 0 Å². The lowest BCUT2D eigenvalue weighted by Gasteiger charge is -2.28. The van der Waals surface area contributed by atoms with Crippen LogP contribution >= 0.6 is 0 Å². The summed E-state index contributed by atoms with van der Waals surface area (Å²) in [6, 6.07) is 15.9. The average molecular weight is 407 g/mol. The molecule has 3 atom stereocenters. The van der Waals surface area contributed by atoms with E-state index in [1.54, 1.807) is 0 Å². The number of nitrogens with zero attached hydrogens (tertiary/aromatic N) is 2. The van der Waals surface area contributed by atoms with E-state index in [9.17, 15) is 4.79 Å². The van der Waals surface area contributed by atoms with Crippen molar-refractivity contribution in [3.05, 3.63) is 59.9 Å². The largest absolute Gasteiger partial charge is 0.493 e. The second-order valence-electron chi connectivity index (χ2n) is 8.27. The summed E-state index contributed by atoms with van der Waals surface area (Å²) in [5.74, 6) is 1.78. The Kier molecular flexibility index (Phi) is 5.77. The Bertz CT molecular complexity index is 1040. The highest BCUT2D eigenvalue weighted by atomic mass is 16.5. The highest BCUT2D eigenvalue weighted by Crippen LogP contribution is 2.31. The standard InChI is InChI=1S/C24H30N4O2/c1-15(2)28-21-11-7-6-10-20(21)26-23(28)16(3)25-17(4)24(29)27-19-13-14-30-22-12-8-5-9-18(19)22/h5-12,15-17,19,25H,13-14H2,1-4H3,(H,27,29). The SMILES string of the molecule is CC(NC(C)c1nc2ccccc2n1C(C)C)C(=O)NC1CCOc2ccccc21. The number of nitrogens with one attached hydrogen (secondary N) is 2. The monoisotopic (exact) mass is 406 g/mol. The molecule has 0 spiro atoms. The molecule has 0 bridgehead atoms. The fourth-order valence-electron chi connectivity index (χ4n) is 4.23. The van der Waals surface area contributed by atoms with Crippen LogP contribution in [0.1, 0.15) is 63.6 Å². The van der Waals surface area contributed by atoms with Crippen LogP contribution in [0.5, 0.6) is 5.75 Å². The molecule has 1 aromatic heterocycles. The molecule has 1 aliphatic rings. The van der Waals surface area contributed by atoms with Crippen LogP contribution in [0.3, 0.4) is 0 Å². The normalized spacial score (nSPS) is 18.0. The fraction of sp³-hybridized carbons (Fsp3) is 0.417. The van der Waals surface area contributed by atoms with Crippen LogP contribution in [0.2, 0.25) is 0 Å². The van der Waals surface area contributed by atoms with Crippen molar-refractivity contribution in [2.45, 2.75) is 58.3 Å².